The summed E-state index contributed by atoms with van der Waals surface area (Å²) >= 11 is 9.55. The summed E-state index contributed by atoms with van der Waals surface area (Å²) in [6.07, 6.45) is 0. The van der Waals surface area contributed by atoms with E-state index in [9.17, 15) is 9.90 Å². The number of methoxy groups -OCH3 is 1. The van der Waals surface area contributed by atoms with Crippen molar-refractivity contribution in [3.8, 4) is 0 Å². The van der Waals surface area contributed by atoms with Crippen molar-refractivity contribution in [2.45, 2.75) is 13.2 Å². The van der Waals surface area contributed by atoms with Gasteiger partial charge in [0.2, 0.25) is 0 Å². The van der Waals surface area contributed by atoms with E-state index in [4.69, 9.17) is 16.3 Å². The van der Waals surface area contributed by atoms with Gasteiger partial charge in [0.25, 0.3) is 0 Å². The highest BCUT2D eigenvalue weighted by Crippen LogP contribution is 2.24. The Morgan fingerprint density at radius 2 is 2.20 bits per heavy atom. The number of hydrogen-bond acceptors (Lipinski definition) is 3. The summed E-state index contributed by atoms with van der Waals surface area (Å²) in [5.74, 6) is -1.11. The molecule has 1 aromatic heterocycles. The molecule has 0 spiro atoms. The molecule has 0 amide bonds. The maximum atomic E-state index is 11.2. The van der Waals surface area contributed by atoms with Crippen molar-refractivity contribution in [1.29, 1.82) is 0 Å². The molecule has 20 heavy (non-hydrogen) atoms. The van der Waals surface area contributed by atoms with Crippen LogP contribution in [0.4, 0.5) is 0 Å². The van der Waals surface area contributed by atoms with E-state index in [1.54, 1.807) is 0 Å². The lowest BCUT2D eigenvalue weighted by Crippen LogP contribution is -2.03. The van der Waals surface area contributed by atoms with Gasteiger partial charge in [-0.25, -0.2) is 9.48 Å². The molecular weight excluding hydrogens is 348 g/mol. The summed E-state index contributed by atoms with van der Waals surface area (Å²) in [6.45, 7) is 0.481. The Morgan fingerprint density at radius 3 is 2.80 bits per heavy atom. The third-order valence-electron chi connectivity index (χ3n) is 2.74. The fourth-order valence-electron chi connectivity index (χ4n) is 1.83. The number of nitrogens with zero attached hydrogens (tertiary/aromatic N) is 2. The topological polar surface area (TPSA) is 64.4 Å². The fourth-order valence-corrected chi connectivity index (χ4v) is 2.53. The van der Waals surface area contributed by atoms with E-state index in [-0.39, 0.29) is 17.3 Å². The van der Waals surface area contributed by atoms with Crippen LogP contribution < -0.4 is 0 Å². The van der Waals surface area contributed by atoms with Crippen LogP contribution in [0.1, 0.15) is 21.6 Å². The maximum Gasteiger partial charge on any atom is 0.340 e. The molecule has 1 N–H and O–H groups in total. The number of halogens is 2. The van der Waals surface area contributed by atoms with Crippen LogP contribution in [-0.2, 0) is 17.9 Å². The van der Waals surface area contributed by atoms with Crippen LogP contribution in [0.2, 0.25) is 5.15 Å². The molecule has 0 bridgehead atoms. The van der Waals surface area contributed by atoms with Crippen LogP contribution in [0.5, 0.6) is 0 Å². The highest BCUT2D eigenvalue weighted by Gasteiger charge is 2.22. The van der Waals surface area contributed by atoms with Crippen molar-refractivity contribution < 1.29 is 14.6 Å². The average Bonchev–Trinajstić information content (AvgIpc) is 2.69. The molecule has 0 saturated carbocycles. The predicted octanol–water partition coefficient (Wildman–Crippen LogP) is 3.19. The minimum absolute atomic E-state index is 0.0134. The molecule has 2 rings (SSSR count). The van der Waals surface area contributed by atoms with Gasteiger partial charge in [0.05, 0.1) is 13.2 Å². The first-order valence-electron chi connectivity index (χ1n) is 5.75. The molecule has 2 aromatic rings. The molecule has 0 aliphatic carbocycles. The second-order valence-electron chi connectivity index (χ2n) is 4.10. The number of aromatic nitrogens is 2. The summed E-state index contributed by atoms with van der Waals surface area (Å²) in [5.41, 5.74) is 1.26. The van der Waals surface area contributed by atoms with Crippen molar-refractivity contribution in [1.82, 2.24) is 9.78 Å². The molecule has 106 valence electrons. The van der Waals surface area contributed by atoms with Gasteiger partial charge in [-0.2, -0.15) is 5.10 Å². The zero-order valence-corrected chi connectivity index (χ0v) is 13.0. The highest BCUT2D eigenvalue weighted by molar-refractivity contribution is 9.10. The molecule has 0 unspecified atom stereocenters. The largest absolute Gasteiger partial charge is 0.478 e. The molecule has 0 radical (unpaired) electrons. The molecule has 0 atom stereocenters. The Kier molecular flexibility index (Phi) is 4.80. The van der Waals surface area contributed by atoms with Crippen molar-refractivity contribution >= 4 is 33.5 Å². The predicted molar refractivity (Wildman–Crippen MR) is 78.2 cm³/mol. The molecule has 0 saturated heterocycles. The number of carbonyl (C=O) groups is 1. The molecule has 0 fully saturated rings. The summed E-state index contributed by atoms with van der Waals surface area (Å²) in [5, 5.41) is 13.5. The Labute approximate surface area is 129 Å². The van der Waals surface area contributed by atoms with Gasteiger partial charge in [-0.1, -0.05) is 45.7 Å². The van der Waals surface area contributed by atoms with Gasteiger partial charge < -0.3 is 9.84 Å². The van der Waals surface area contributed by atoms with Crippen LogP contribution in [0.3, 0.4) is 0 Å². The van der Waals surface area contributed by atoms with E-state index in [1.165, 1.54) is 11.8 Å². The van der Waals surface area contributed by atoms with Crippen molar-refractivity contribution in [2.24, 2.45) is 0 Å². The normalized spacial score (nSPS) is 10.8. The fraction of sp³-hybridized carbons (Fsp3) is 0.231. The Hall–Kier alpha value is -1.37. The smallest absolute Gasteiger partial charge is 0.340 e. The van der Waals surface area contributed by atoms with Crippen LogP contribution in [0.25, 0.3) is 0 Å². The van der Waals surface area contributed by atoms with Crippen molar-refractivity contribution in [3.05, 3.63) is 50.7 Å². The zero-order valence-electron chi connectivity index (χ0n) is 10.6. The lowest BCUT2D eigenvalue weighted by molar-refractivity contribution is 0.0692. The van der Waals surface area contributed by atoms with Crippen LogP contribution in [-0.4, -0.2) is 28.0 Å². The van der Waals surface area contributed by atoms with E-state index < -0.39 is 5.97 Å². The highest BCUT2D eigenvalue weighted by atomic mass is 79.9. The third-order valence-corrected chi connectivity index (χ3v) is 3.89. The first-order chi connectivity index (χ1) is 9.54. The van der Waals surface area contributed by atoms with E-state index in [0.717, 1.165) is 10.0 Å². The SMILES string of the molecule is COCc1nn(Cc2ccccc2Br)c(Cl)c1C(=O)O. The van der Waals surface area contributed by atoms with E-state index >= 15 is 0 Å². The minimum Gasteiger partial charge on any atom is -0.478 e. The monoisotopic (exact) mass is 358 g/mol. The Morgan fingerprint density at radius 1 is 1.50 bits per heavy atom. The molecule has 0 aliphatic heterocycles. The van der Waals surface area contributed by atoms with Crippen molar-refractivity contribution in [3.63, 3.8) is 0 Å². The van der Waals surface area contributed by atoms with Gasteiger partial charge in [0.1, 0.15) is 16.4 Å². The number of hydrogen-bond donors (Lipinski definition) is 1. The Balaban J connectivity index is 2.40. The third kappa shape index (κ3) is 3.03. The molecule has 7 heteroatoms. The first-order valence-corrected chi connectivity index (χ1v) is 6.92. The molecule has 5 nitrogen and oxygen atoms in total. The number of carboxylic acid groups (broad SMARTS) is 1. The number of rotatable bonds is 5. The lowest BCUT2D eigenvalue weighted by Gasteiger charge is -2.05. The van der Waals surface area contributed by atoms with E-state index in [2.05, 4.69) is 21.0 Å². The van der Waals surface area contributed by atoms with Gasteiger partial charge in [0.15, 0.2) is 0 Å². The van der Waals surface area contributed by atoms with Gasteiger partial charge in [0, 0.05) is 11.6 Å². The van der Waals surface area contributed by atoms with Crippen LogP contribution in [0.15, 0.2) is 28.7 Å². The maximum absolute atomic E-state index is 11.2. The standard InChI is InChI=1S/C13H12BrClN2O3/c1-20-7-10-11(13(18)19)12(15)17(16-10)6-8-4-2-3-5-9(8)14/h2-5H,6-7H2,1H3,(H,18,19). The summed E-state index contributed by atoms with van der Waals surface area (Å²) in [7, 11) is 1.48. The summed E-state index contributed by atoms with van der Waals surface area (Å²) in [6, 6.07) is 7.61. The van der Waals surface area contributed by atoms with Gasteiger partial charge >= 0.3 is 5.97 Å². The first kappa shape index (κ1) is 15.0. The number of carboxylic acids is 1. The molecular formula is C13H12BrClN2O3. The summed E-state index contributed by atoms with van der Waals surface area (Å²) < 4.78 is 7.33. The van der Waals surface area contributed by atoms with Gasteiger partial charge in [-0.15, -0.1) is 0 Å². The van der Waals surface area contributed by atoms with Gasteiger partial charge in [-0.05, 0) is 11.6 Å². The average molecular weight is 360 g/mol. The second kappa shape index (κ2) is 6.39. The van der Waals surface area contributed by atoms with Gasteiger partial charge in [-0.3, -0.25) is 0 Å². The number of aromatic carboxylic acids is 1. The zero-order chi connectivity index (χ0) is 14.7. The number of ether oxygens (including phenoxy) is 1. The van der Waals surface area contributed by atoms with Crippen molar-refractivity contribution in [2.75, 3.05) is 7.11 Å². The lowest BCUT2D eigenvalue weighted by atomic mass is 10.2. The summed E-state index contributed by atoms with van der Waals surface area (Å²) in [4.78, 5) is 11.2. The van der Waals surface area contributed by atoms with Crippen LogP contribution in [0, 0.1) is 0 Å². The van der Waals surface area contributed by atoms with E-state index in [0.29, 0.717) is 12.2 Å². The minimum atomic E-state index is -1.11. The molecule has 0 aliphatic rings. The molecule has 1 aromatic carbocycles. The number of benzene rings is 1. The van der Waals surface area contributed by atoms with E-state index in [1.807, 2.05) is 24.3 Å². The Bertz CT molecular complexity index is 643. The van der Waals surface area contributed by atoms with Crippen LogP contribution >= 0.6 is 27.5 Å². The quantitative estimate of drug-likeness (QED) is 0.890. The molecule has 1 heterocycles. The second-order valence-corrected chi connectivity index (χ2v) is 5.31.